The smallest absolute Gasteiger partial charge is 0.408 e. The van der Waals surface area contributed by atoms with Crippen LogP contribution in [0.1, 0.15) is 37.6 Å². The van der Waals surface area contributed by atoms with E-state index in [4.69, 9.17) is 9.47 Å². The lowest BCUT2D eigenvalue weighted by molar-refractivity contribution is -0.394. The fourth-order valence-electron chi connectivity index (χ4n) is 3.38. The van der Waals surface area contributed by atoms with Crippen LogP contribution < -0.4 is 5.32 Å². The van der Waals surface area contributed by atoms with E-state index in [2.05, 4.69) is 10.3 Å². The van der Waals surface area contributed by atoms with E-state index < -0.39 is 44.9 Å². The van der Waals surface area contributed by atoms with Gasteiger partial charge in [-0.3, -0.25) is 24.8 Å². The van der Waals surface area contributed by atoms with E-state index in [1.165, 1.54) is 23.2 Å². The molecule has 0 unspecified atom stereocenters. The molecule has 1 amide bonds. The van der Waals surface area contributed by atoms with Gasteiger partial charge in [0.05, 0.1) is 27.9 Å². The molecule has 0 radical (unpaired) electrons. The van der Waals surface area contributed by atoms with E-state index in [0.717, 1.165) is 23.3 Å². The van der Waals surface area contributed by atoms with Gasteiger partial charge in [0, 0.05) is 18.7 Å². The van der Waals surface area contributed by atoms with Crippen LogP contribution in [0, 0.1) is 27.2 Å². The number of aromatic nitrogens is 2. The summed E-state index contributed by atoms with van der Waals surface area (Å²) in [6.07, 6.45) is 1.75. The number of alkyl carbamates (subject to hydrolysis) is 1. The highest BCUT2D eigenvalue weighted by Crippen LogP contribution is 2.28. The number of amides is 1. The lowest BCUT2D eigenvalue weighted by Crippen LogP contribution is -2.45. The van der Waals surface area contributed by atoms with Crippen LogP contribution in [0.4, 0.5) is 16.2 Å². The molecular weight excluding hydrogens is 498 g/mol. The molecule has 1 aromatic heterocycles. The number of rotatable bonds is 9. The largest absolute Gasteiger partial charge is 0.459 e. The molecule has 0 aliphatic heterocycles. The average Bonchev–Trinajstić information content (AvgIpc) is 3.29. The van der Waals surface area contributed by atoms with E-state index in [0.29, 0.717) is 5.69 Å². The predicted octanol–water partition coefficient (Wildman–Crippen LogP) is 4.18. The highest BCUT2D eigenvalue weighted by atomic mass is 16.6. The Morgan fingerprint density at radius 2 is 1.76 bits per heavy atom. The maximum Gasteiger partial charge on any atom is 0.408 e. The Morgan fingerprint density at radius 3 is 2.37 bits per heavy atom. The Bertz CT molecular complexity index is 1340. The van der Waals surface area contributed by atoms with Crippen molar-refractivity contribution < 1.29 is 28.9 Å². The molecule has 2 aromatic carbocycles. The van der Waals surface area contributed by atoms with Crippen molar-refractivity contribution in [3.05, 3.63) is 92.0 Å². The fraction of sp³-hybridized carbons (Fsp3) is 0.320. The van der Waals surface area contributed by atoms with Crippen molar-refractivity contribution in [3.63, 3.8) is 0 Å². The fourth-order valence-corrected chi connectivity index (χ4v) is 3.38. The Morgan fingerprint density at radius 1 is 1.08 bits per heavy atom. The molecule has 13 heteroatoms. The van der Waals surface area contributed by atoms with Crippen LogP contribution in [-0.4, -0.2) is 43.1 Å². The Hall–Kier alpha value is -4.81. The number of ether oxygens (including phenoxy) is 2. The summed E-state index contributed by atoms with van der Waals surface area (Å²) in [5.74, 6) is -0.729. The first-order valence-electron chi connectivity index (χ1n) is 11.5. The maximum atomic E-state index is 12.9. The molecule has 1 heterocycles. The Balaban J connectivity index is 1.82. The SMILES string of the molecule is Cc1ccc(COC(=O)[C@H](Cc2cn(-c3ccc([N+](=O)[O-])cc3[N+](=O)[O-])cn2)NC(=O)OC(C)(C)C)cc1. The Kier molecular flexibility index (Phi) is 8.40. The van der Waals surface area contributed by atoms with Crippen LogP contribution in [0.15, 0.2) is 55.0 Å². The number of esters is 1. The summed E-state index contributed by atoms with van der Waals surface area (Å²) in [4.78, 5) is 50.6. The summed E-state index contributed by atoms with van der Waals surface area (Å²) >= 11 is 0. The van der Waals surface area contributed by atoms with Crippen LogP contribution in [-0.2, 0) is 27.3 Å². The van der Waals surface area contributed by atoms with Gasteiger partial charge >= 0.3 is 12.1 Å². The maximum absolute atomic E-state index is 12.9. The standard InChI is InChI=1S/C25H27N5O8/c1-16-5-7-17(8-6-16)14-37-23(31)20(27-24(32)38-25(2,3)4)11-18-13-28(15-26-18)21-10-9-19(29(33)34)12-22(21)30(35)36/h5-10,12-13,15,20H,11,14H2,1-4H3,(H,27,32)/t20-/m0/s1. The number of carbonyl (C=O) groups excluding carboxylic acids is 2. The number of hydrogen-bond acceptors (Lipinski definition) is 9. The summed E-state index contributed by atoms with van der Waals surface area (Å²) in [6, 6.07) is 9.43. The number of hydrogen-bond donors (Lipinski definition) is 1. The van der Waals surface area contributed by atoms with E-state index in [-0.39, 0.29) is 18.7 Å². The second kappa shape index (κ2) is 11.5. The van der Waals surface area contributed by atoms with Crippen LogP contribution in [0.5, 0.6) is 0 Å². The number of non-ortho nitro benzene ring substituents is 1. The molecule has 1 atom stereocenters. The third-order valence-corrected chi connectivity index (χ3v) is 5.17. The summed E-state index contributed by atoms with van der Waals surface area (Å²) < 4.78 is 12.0. The van der Waals surface area contributed by atoms with E-state index >= 15 is 0 Å². The van der Waals surface area contributed by atoms with E-state index in [1.54, 1.807) is 20.8 Å². The second-order valence-electron chi connectivity index (χ2n) is 9.46. The molecule has 0 saturated carbocycles. The monoisotopic (exact) mass is 525 g/mol. The summed E-state index contributed by atoms with van der Waals surface area (Å²) in [5, 5.41) is 25.0. The first kappa shape index (κ1) is 27.8. The van der Waals surface area contributed by atoms with Gasteiger partial charge in [-0.2, -0.15) is 0 Å². The molecule has 3 aromatic rings. The number of nitrogens with one attached hydrogen (secondary N) is 1. The van der Waals surface area contributed by atoms with Gasteiger partial charge in [-0.25, -0.2) is 14.6 Å². The molecule has 38 heavy (non-hydrogen) atoms. The predicted molar refractivity (Wildman–Crippen MR) is 135 cm³/mol. The van der Waals surface area contributed by atoms with E-state index in [1.807, 2.05) is 31.2 Å². The molecule has 0 spiro atoms. The van der Waals surface area contributed by atoms with Crippen LogP contribution in [0.2, 0.25) is 0 Å². The van der Waals surface area contributed by atoms with Crippen molar-refractivity contribution in [1.82, 2.24) is 14.9 Å². The molecule has 13 nitrogen and oxygen atoms in total. The quantitative estimate of drug-likeness (QED) is 0.245. The number of nitro benzene ring substituents is 2. The zero-order valence-electron chi connectivity index (χ0n) is 21.2. The minimum absolute atomic E-state index is 0.0188. The zero-order valence-corrected chi connectivity index (χ0v) is 21.2. The van der Waals surface area contributed by atoms with Gasteiger partial charge in [0.1, 0.15) is 23.9 Å². The molecule has 3 rings (SSSR count). The van der Waals surface area contributed by atoms with Gasteiger partial charge in [-0.15, -0.1) is 0 Å². The molecule has 0 aliphatic carbocycles. The third-order valence-electron chi connectivity index (χ3n) is 5.17. The van der Waals surface area contributed by atoms with Crippen molar-refractivity contribution in [2.24, 2.45) is 0 Å². The summed E-state index contributed by atoms with van der Waals surface area (Å²) in [6.45, 7) is 6.94. The summed E-state index contributed by atoms with van der Waals surface area (Å²) in [7, 11) is 0. The topological polar surface area (TPSA) is 169 Å². The van der Waals surface area contributed by atoms with Crippen molar-refractivity contribution in [3.8, 4) is 5.69 Å². The number of benzene rings is 2. The van der Waals surface area contributed by atoms with Crippen LogP contribution in [0.3, 0.4) is 0 Å². The number of imidazole rings is 1. The number of nitrogens with zero attached hydrogens (tertiary/aromatic N) is 4. The minimum atomic E-state index is -1.18. The van der Waals surface area contributed by atoms with Crippen molar-refractivity contribution in [1.29, 1.82) is 0 Å². The van der Waals surface area contributed by atoms with Crippen molar-refractivity contribution in [2.75, 3.05) is 0 Å². The number of aryl methyl sites for hydroxylation is 1. The van der Waals surface area contributed by atoms with Crippen molar-refractivity contribution >= 4 is 23.4 Å². The molecule has 0 bridgehead atoms. The minimum Gasteiger partial charge on any atom is -0.459 e. The number of carbonyl (C=O) groups is 2. The molecule has 1 N–H and O–H groups in total. The highest BCUT2D eigenvalue weighted by Gasteiger charge is 2.27. The van der Waals surface area contributed by atoms with Crippen LogP contribution >= 0.6 is 0 Å². The van der Waals surface area contributed by atoms with Gasteiger partial charge in [0.2, 0.25) is 0 Å². The van der Waals surface area contributed by atoms with Gasteiger partial charge in [-0.1, -0.05) is 29.8 Å². The van der Waals surface area contributed by atoms with Crippen molar-refractivity contribution in [2.45, 2.75) is 52.4 Å². The average molecular weight is 526 g/mol. The molecule has 0 aliphatic rings. The first-order chi connectivity index (χ1) is 17.8. The molecule has 0 saturated heterocycles. The zero-order chi connectivity index (χ0) is 28.0. The first-order valence-corrected chi connectivity index (χ1v) is 11.5. The molecular formula is C25H27N5O8. The Labute approximate surface area is 217 Å². The summed E-state index contributed by atoms with van der Waals surface area (Å²) in [5.41, 5.74) is 0.409. The van der Waals surface area contributed by atoms with Gasteiger partial charge < -0.3 is 14.8 Å². The van der Waals surface area contributed by atoms with Gasteiger partial charge in [-0.05, 0) is 39.3 Å². The van der Waals surface area contributed by atoms with Crippen LogP contribution in [0.25, 0.3) is 5.69 Å². The van der Waals surface area contributed by atoms with Gasteiger partial charge in [0.15, 0.2) is 0 Å². The molecule has 200 valence electrons. The molecule has 0 fully saturated rings. The second-order valence-corrected chi connectivity index (χ2v) is 9.46. The lowest BCUT2D eigenvalue weighted by Gasteiger charge is -2.22. The lowest BCUT2D eigenvalue weighted by atomic mass is 10.1. The van der Waals surface area contributed by atoms with Gasteiger partial charge in [0.25, 0.3) is 11.4 Å². The highest BCUT2D eigenvalue weighted by molar-refractivity contribution is 5.81. The van der Waals surface area contributed by atoms with E-state index in [9.17, 15) is 29.8 Å². The normalized spacial score (nSPS) is 11.9. The third kappa shape index (κ3) is 7.59. The number of nitro groups is 2.